The van der Waals surface area contributed by atoms with E-state index in [2.05, 4.69) is 0 Å². The predicted molar refractivity (Wildman–Crippen MR) is 83.9 cm³/mol. The molecule has 0 spiro atoms. The minimum Gasteiger partial charge on any atom is -0.485 e. The van der Waals surface area contributed by atoms with E-state index in [1.165, 1.54) is 0 Å². The Bertz CT molecular complexity index is 746. The van der Waals surface area contributed by atoms with Gasteiger partial charge in [-0.1, -0.05) is 29.8 Å². The molecular weight excluding hydrogens is 302 g/mol. The van der Waals surface area contributed by atoms with E-state index in [1.807, 2.05) is 42.5 Å². The summed E-state index contributed by atoms with van der Waals surface area (Å²) in [6.07, 6.45) is 0.211. The van der Waals surface area contributed by atoms with E-state index in [4.69, 9.17) is 21.1 Å². The van der Waals surface area contributed by atoms with E-state index in [-0.39, 0.29) is 12.5 Å². The number of hydrogen-bond donors (Lipinski definition) is 0. The fraction of sp³-hybridized carbons (Fsp3) is 0.235. The van der Waals surface area contributed by atoms with Crippen LogP contribution in [0.25, 0.3) is 0 Å². The van der Waals surface area contributed by atoms with Crippen molar-refractivity contribution in [1.82, 2.24) is 0 Å². The topological polar surface area (TPSA) is 38.8 Å². The van der Waals surface area contributed by atoms with Crippen molar-refractivity contribution in [3.8, 4) is 11.5 Å². The number of anilines is 1. The van der Waals surface area contributed by atoms with E-state index in [0.717, 1.165) is 17.7 Å². The third-order valence-electron chi connectivity index (χ3n) is 3.99. The van der Waals surface area contributed by atoms with Crippen molar-refractivity contribution >= 4 is 23.2 Å². The maximum absolute atomic E-state index is 12.8. The number of para-hydroxylation sites is 2. The predicted octanol–water partition coefficient (Wildman–Crippen LogP) is 3.07. The molecule has 0 N–H and O–H groups in total. The van der Waals surface area contributed by atoms with Crippen LogP contribution < -0.4 is 14.4 Å². The van der Waals surface area contributed by atoms with Gasteiger partial charge >= 0.3 is 0 Å². The molecule has 1 atom stereocenters. The van der Waals surface area contributed by atoms with Gasteiger partial charge in [0.15, 0.2) is 11.5 Å². The third kappa shape index (κ3) is 2.20. The summed E-state index contributed by atoms with van der Waals surface area (Å²) in [6, 6.07) is 13.0. The Morgan fingerprint density at radius 2 is 2.00 bits per heavy atom. The Labute approximate surface area is 133 Å². The van der Waals surface area contributed by atoms with Crippen molar-refractivity contribution in [2.24, 2.45) is 0 Å². The van der Waals surface area contributed by atoms with Gasteiger partial charge in [0, 0.05) is 17.3 Å². The number of nitrogens with zero attached hydrogens (tertiary/aromatic N) is 1. The smallest absolute Gasteiger partial charge is 0.271 e. The maximum Gasteiger partial charge on any atom is 0.271 e. The largest absolute Gasteiger partial charge is 0.485 e. The number of fused-ring (bicyclic) bond motifs is 2. The van der Waals surface area contributed by atoms with Gasteiger partial charge in [0.05, 0.1) is 0 Å². The van der Waals surface area contributed by atoms with Gasteiger partial charge in [0.25, 0.3) is 5.91 Å². The molecule has 0 aliphatic carbocycles. The highest BCUT2D eigenvalue weighted by molar-refractivity contribution is 6.31. The molecule has 0 fully saturated rings. The Morgan fingerprint density at radius 3 is 2.86 bits per heavy atom. The van der Waals surface area contributed by atoms with Crippen LogP contribution in [0.2, 0.25) is 5.02 Å². The zero-order valence-corrected chi connectivity index (χ0v) is 12.5. The maximum atomic E-state index is 12.8. The average molecular weight is 316 g/mol. The second-order valence-electron chi connectivity index (χ2n) is 5.38. The van der Waals surface area contributed by atoms with Crippen molar-refractivity contribution in [2.75, 3.05) is 18.1 Å². The van der Waals surface area contributed by atoms with Gasteiger partial charge in [-0.3, -0.25) is 4.79 Å². The zero-order valence-electron chi connectivity index (χ0n) is 11.8. The molecule has 4 rings (SSSR count). The fourth-order valence-electron chi connectivity index (χ4n) is 2.90. The third-order valence-corrected chi connectivity index (χ3v) is 4.23. The second-order valence-corrected chi connectivity index (χ2v) is 5.81. The highest BCUT2D eigenvalue weighted by Crippen LogP contribution is 2.34. The lowest BCUT2D eigenvalue weighted by atomic mass is 10.2. The summed E-state index contributed by atoms with van der Waals surface area (Å²) in [4.78, 5) is 14.5. The minimum atomic E-state index is -0.625. The molecule has 2 aromatic rings. The first-order valence-electron chi connectivity index (χ1n) is 7.21. The molecule has 5 heteroatoms. The molecule has 1 unspecified atom stereocenters. The first kappa shape index (κ1) is 13.5. The van der Waals surface area contributed by atoms with Crippen LogP contribution in [0.1, 0.15) is 5.56 Å². The molecular formula is C17H14ClNO3. The molecule has 4 nitrogen and oxygen atoms in total. The summed E-state index contributed by atoms with van der Waals surface area (Å²) < 4.78 is 11.4. The number of rotatable bonds is 1. The van der Waals surface area contributed by atoms with E-state index in [1.54, 1.807) is 4.90 Å². The van der Waals surface area contributed by atoms with E-state index in [0.29, 0.717) is 23.1 Å². The molecule has 0 radical (unpaired) electrons. The number of hydrogen-bond acceptors (Lipinski definition) is 3. The number of halogens is 1. The van der Waals surface area contributed by atoms with Crippen LogP contribution >= 0.6 is 11.6 Å². The Morgan fingerprint density at radius 1 is 1.18 bits per heavy atom. The Kier molecular flexibility index (Phi) is 3.19. The molecule has 112 valence electrons. The molecule has 1 amide bonds. The lowest BCUT2D eigenvalue weighted by Crippen LogP contribution is -2.46. The molecule has 2 aliphatic heterocycles. The van der Waals surface area contributed by atoms with Gasteiger partial charge in [-0.05, 0) is 36.2 Å². The van der Waals surface area contributed by atoms with Crippen LogP contribution in [-0.2, 0) is 11.2 Å². The minimum absolute atomic E-state index is 0.0875. The van der Waals surface area contributed by atoms with Crippen molar-refractivity contribution in [3.63, 3.8) is 0 Å². The van der Waals surface area contributed by atoms with Gasteiger partial charge in [0.1, 0.15) is 6.61 Å². The van der Waals surface area contributed by atoms with Crippen LogP contribution in [0.3, 0.4) is 0 Å². The summed E-state index contributed by atoms with van der Waals surface area (Å²) in [5.74, 6) is 1.20. The second kappa shape index (κ2) is 5.21. The van der Waals surface area contributed by atoms with Crippen molar-refractivity contribution in [3.05, 3.63) is 53.1 Å². The van der Waals surface area contributed by atoms with Crippen LogP contribution in [0.5, 0.6) is 11.5 Å². The Hall–Kier alpha value is -2.20. The molecule has 0 aromatic heterocycles. The Balaban J connectivity index is 1.59. The summed E-state index contributed by atoms with van der Waals surface area (Å²) >= 11 is 6.05. The number of ether oxygens (including phenoxy) is 2. The lowest BCUT2D eigenvalue weighted by molar-refractivity contribution is -0.127. The summed E-state index contributed by atoms with van der Waals surface area (Å²) in [6.45, 7) is 0.873. The number of carbonyl (C=O) groups is 1. The van der Waals surface area contributed by atoms with Gasteiger partial charge in [-0.2, -0.15) is 0 Å². The lowest BCUT2D eigenvalue weighted by Gasteiger charge is -2.29. The summed E-state index contributed by atoms with van der Waals surface area (Å²) in [7, 11) is 0. The van der Waals surface area contributed by atoms with E-state index in [9.17, 15) is 4.79 Å². The molecule has 2 aliphatic rings. The standard InChI is InChI=1S/C17H14ClNO3/c18-12-6-5-11-7-8-19(13(11)9-12)17(20)16-10-21-14-3-1-2-4-15(14)22-16/h1-6,9,16H,7-8,10H2. The van der Waals surface area contributed by atoms with E-state index >= 15 is 0 Å². The van der Waals surface area contributed by atoms with E-state index < -0.39 is 6.10 Å². The molecule has 0 bridgehead atoms. The normalized spacial score (nSPS) is 19.0. The SMILES string of the molecule is O=C(C1COc2ccccc2O1)N1CCc2ccc(Cl)cc21. The van der Waals surface area contributed by atoms with Crippen LogP contribution in [0.4, 0.5) is 5.69 Å². The van der Waals surface area contributed by atoms with Crippen molar-refractivity contribution in [1.29, 1.82) is 0 Å². The van der Waals surface area contributed by atoms with Crippen LogP contribution in [0, 0.1) is 0 Å². The first-order chi connectivity index (χ1) is 10.7. The van der Waals surface area contributed by atoms with Crippen molar-refractivity contribution < 1.29 is 14.3 Å². The highest BCUT2D eigenvalue weighted by Gasteiger charge is 2.34. The summed E-state index contributed by atoms with van der Waals surface area (Å²) in [5.41, 5.74) is 2.01. The number of carbonyl (C=O) groups excluding carboxylic acids is 1. The highest BCUT2D eigenvalue weighted by atomic mass is 35.5. The van der Waals surface area contributed by atoms with Gasteiger partial charge < -0.3 is 14.4 Å². The fourth-order valence-corrected chi connectivity index (χ4v) is 3.06. The number of amides is 1. The first-order valence-corrected chi connectivity index (χ1v) is 7.58. The van der Waals surface area contributed by atoms with Gasteiger partial charge in [-0.15, -0.1) is 0 Å². The molecule has 22 heavy (non-hydrogen) atoms. The molecule has 0 saturated carbocycles. The average Bonchev–Trinajstić information content (AvgIpc) is 2.96. The van der Waals surface area contributed by atoms with Crippen LogP contribution in [-0.4, -0.2) is 25.2 Å². The molecule has 2 aromatic carbocycles. The monoisotopic (exact) mass is 315 g/mol. The summed E-state index contributed by atoms with van der Waals surface area (Å²) in [5, 5.41) is 0.629. The van der Waals surface area contributed by atoms with Gasteiger partial charge in [-0.25, -0.2) is 0 Å². The number of benzene rings is 2. The molecule has 0 saturated heterocycles. The van der Waals surface area contributed by atoms with Gasteiger partial charge in [0.2, 0.25) is 6.10 Å². The van der Waals surface area contributed by atoms with Crippen LogP contribution in [0.15, 0.2) is 42.5 Å². The quantitative estimate of drug-likeness (QED) is 0.812. The zero-order chi connectivity index (χ0) is 15.1. The van der Waals surface area contributed by atoms with Crippen molar-refractivity contribution in [2.45, 2.75) is 12.5 Å². The molecule has 2 heterocycles.